The summed E-state index contributed by atoms with van der Waals surface area (Å²) in [6.45, 7) is 11.3. The summed E-state index contributed by atoms with van der Waals surface area (Å²) in [7, 11) is 0. The predicted octanol–water partition coefficient (Wildman–Crippen LogP) is 2.38. The number of hydrogen-bond acceptors (Lipinski definition) is 2. The zero-order valence-corrected chi connectivity index (χ0v) is 9.96. The summed E-state index contributed by atoms with van der Waals surface area (Å²) in [6.07, 6.45) is 6.37. The second-order valence-electron chi connectivity index (χ2n) is 3.59. The fourth-order valence-electron chi connectivity index (χ4n) is 1.42. The Morgan fingerprint density at radius 2 is 2.07 bits per heavy atom. The first-order valence-electron chi connectivity index (χ1n) is 5.43. The van der Waals surface area contributed by atoms with Gasteiger partial charge in [0, 0.05) is 18.8 Å². The third kappa shape index (κ3) is 4.47. The molecule has 2 heteroatoms. The molecule has 0 aliphatic carbocycles. The molecular weight excluding hydrogens is 172 g/mol. The van der Waals surface area contributed by atoms with Crippen molar-refractivity contribution in [2.45, 2.75) is 27.7 Å². The Hall–Kier alpha value is -0.760. The minimum Gasteiger partial charge on any atom is -0.372 e. The number of likely N-dealkylation sites (N-methyl/N-ethyl adjacent to an activating group) is 1. The number of nitrogens with two attached hydrogens (primary N) is 1. The maximum atomic E-state index is 5.63. The van der Waals surface area contributed by atoms with E-state index in [2.05, 4.69) is 43.9 Å². The first-order chi connectivity index (χ1) is 6.69. The minimum atomic E-state index is 0.551. The highest BCUT2D eigenvalue weighted by atomic mass is 15.1. The largest absolute Gasteiger partial charge is 0.372 e. The minimum absolute atomic E-state index is 0.551. The zero-order valence-electron chi connectivity index (χ0n) is 9.96. The monoisotopic (exact) mass is 196 g/mol. The third-order valence-corrected chi connectivity index (χ3v) is 2.31. The van der Waals surface area contributed by atoms with Crippen LogP contribution in [0.2, 0.25) is 0 Å². The summed E-state index contributed by atoms with van der Waals surface area (Å²) >= 11 is 0. The van der Waals surface area contributed by atoms with Crippen LogP contribution in [0.15, 0.2) is 23.9 Å². The Bertz CT molecular complexity index is 194. The second kappa shape index (κ2) is 7.63. The maximum Gasteiger partial charge on any atom is 0.0319 e. The van der Waals surface area contributed by atoms with Crippen LogP contribution in [-0.2, 0) is 0 Å². The van der Waals surface area contributed by atoms with Gasteiger partial charge >= 0.3 is 0 Å². The van der Waals surface area contributed by atoms with Crippen LogP contribution in [0.3, 0.4) is 0 Å². The van der Waals surface area contributed by atoms with E-state index < -0.39 is 0 Å². The molecule has 0 saturated heterocycles. The van der Waals surface area contributed by atoms with Crippen LogP contribution < -0.4 is 5.73 Å². The lowest BCUT2D eigenvalue weighted by atomic mass is 10.1. The average Bonchev–Trinajstić information content (AvgIpc) is 2.22. The number of nitrogens with zero attached hydrogens (tertiary/aromatic N) is 1. The molecule has 0 heterocycles. The molecule has 2 nitrogen and oxygen atoms in total. The van der Waals surface area contributed by atoms with Gasteiger partial charge in [-0.2, -0.15) is 0 Å². The van der Waals surface area contributed by atoms with Crippen molar-refractivity contribution in [1.82, 2.24) is 4.90 Å². The molecule has 0 aliphatic heterocycles. The molecule has 0 amide bonds. The van der Waals surface area contributed by atoms with Gasteiger partial charge in [-0.25, -0.2) is 0 Å². The molecule has 0 aromatic heterocycles. The first-order valence-corrected chi connectivity index (χ1v) is 5.43. The lowest BCUT2D eigenvalue weighted by molar-refractivity contribution is 0.319. The molecule has 0 saturated carbocycles. The Morgan fingerprint density at radius 3 is 2.43 bits per heavy atom. The molecule has 0 bridgehead atoms. The van der Waals surface area contributed by atoms with Gasteiger partial charge in [0.25, 0.3) is 0 Å². The fraction of sp³-hybridized carbons (Fsp3) is 0.667. The standard InChI is InChI=1S/C12H24N2/c1-5-8-12(6-2)14(7-3)10-11(4)9-13/h5-6,8,11H,7,9-10,13H2,1-4H3/b8-5-,12-6+. The molecule has 1 atom stereocenters. The van der Waals surface area contributed by atoms with Crippen molar-refractivity contribution in [3.05, 3.63) is 23.9 Å². The Labute approximate surface area is 88.5 Å². The quantitative estimate of drug-likeness (QED) is 0.661. The molecule has 2 N–H and O–H groups in total. The highest BCUT2D eigenvalue weighted by molar-refractivity contribution is 5.16. The van der Waals surface area contributed by atoms with Gasteiger partial charge in [-0.1, -0.05) is 19.1 Å². The lowest BCUT2D eigenvalue weighted by Gasteiger charge is -2.26. The molecule has 0 aliphatic rings. The number of hydrogen-bond donors (Lipinski definition) is 1. The van der Waals surface area contributed by atoms with Gasteiger partial charge in [-0.3, -0.25) is 0 Å². The summed E-state index contributed by atoms with van der Waals surface area (Å²) < 4.78 is 0. The molecule has 0 rings (SSSR count). The summed E-state index contributed by atoms with van der Waals surface area (Å²) in [4.78, 5) is 2.36. The van der Waals surface area contributed by atoms with Crippen LogP contribution in [0.1, 0.15) is 27.7 Å². The summed E-state index contributed by atoms with van der Waals surface area (Å²) in [6, 6.07) is 0. The highest BCUT2D eigenvalue weighted by Crippen LogP contribution is 2.09. The SMILES string of the molecule is C/C=C\C(=C/C)N(CC)CC(C)CN. The van der Waals surface area contributed by atoms with Crippen molar-refractivity contribution in [3.63, 3.8) is 0 Å². The van der Waals surface area contributed by atoms with Crippen molar-refractivity contribution in [2.75, 3.05) is 19.6 Å². The lowest BCUT2D eigenvalue weighted by Crippen LogP contribution is -2.30. The summed E-state index contributed by atoms with van der Waals surface area (Å²) in [5, 5.41) is 0. The Balaban J connectivity index is 4.37. The predicted molar refractivity (Wildman–Crippen MR) is 64.0 cm³/mol. The summed E-state index contributed by atoms with van der Waals surface area (Å²) in [5.74, 6) is 0.551. The van der Waals surface area contributed by atoms with Crippen molar-refractivity contribution >= 4 is 0 Å². The van der Waals surface area contributed by atoms with E-state index in [-0.39, 0.29) is 0 Å². The molecule has 1 unspecified atom stereocenters. The van der Waals surface area contributed by atoms with E-state index in [1.807, 2.05) is 6.92 Å². The molecule has 82 valence electrons. The van der Waals surface area contributed by atoms with Crippen LogP contribution in [0.5, 0.6) is 0 Å². The zero-order chi connectivity index (χ0) is 11.0. The average molecular weight is 196 g/mol. The van der Waals surface area contributed by atoms with E-state index >= 15 is 0 Å². The topological polar surface area (TPSA) is 29.3 Å². The van der Waals surface area contributed by atoms with E-state index in [0.717, 1.165) is 19.6 Å². The molecular formula is C12H24N2. The fourth-order valence-corrected chi connectivity index (χ4v) is 1.42. The van der Waals surface area contributed by atoms with Gasteiger partial charge in [0.15, 0.2) is 0 Å². The van der Waals surface area contributed by atoms with Gasteiger partial charge in [-0.05, 0) is 39.3 Å². The summed E-state index contributed by atoms with van der Waals surface area (Å²) in [5.41, 5.74) is 6.91. The van der Waals surface area contributed by atoms with Crippen LogP contribution in [0.25, 0.3) is 0 Å². The molecule has 14 heavy (non-hydrogen) atoms. The molecule has 0 radical (unpaired) electrons. The molecule has 0 spiro atoms. The molecule has 0 aromatic rings. The van der Waals surface area contributed by atoms with Crippen molar-refractivity contribution in [1.29, 1.82) is 0 Å². The molecule has 0 aromatic carbocycles. The number of allylic oxidation sites excluding steroid dienone is 3. The van der Waals surface area contributed by atoms with Gasteiger partial charge in [0.05, 0.1) is 0 Å². The van der Waals surface area contributed by atoms with Gasteiger partial charge in [0.2, 0.25) is 0 Å². The normalized spacial score (nSPS) is 14.8. The molecule has 0 fully saturated rings. The Kier molecular flexibility index (Phi) is 7.21. The smallest absolute Gasteiger partial charge is 0.0319 e. The van der Waals surface area contributed by atoms with Crippen molar-refractivity contribution < 1.29 is 0 Å². The van der Waals surface area contributed by atoms with Crippen LogP contribution >= 0.6 is 0 Å². The van der Waals surface area contributed by atoms with Crippen LogP contribution in [0.4, 0.5) is 0 Å². The number of rotatable bonds is 6. The van der Waals surface area contributed by atoms with Crippen LogP contribution in [-0.4, -0.2) is 24.5 Å². The van der Waals surface area contributed by atoms with Crippen molar-refractivity contribution in [3.8, 4) is 0 Å². The van der Waals surface area contributed by atoms with E-state index in [1.54, 1.807) is 0 Å². The van der Waals surface area contributed by atoms with E-state index in [9.17, 15) is 0 Å². The van der Waals surface area contributed by atoms with E-state index in [1.165, 1.54) is 5.70 Å². The van der Waals surface area contributed by atoms with Crippen molar-refractivity contribution in [2.24, 2.45) is 11.7 Å². The van der Waals surface area contributed by atoms with Gasteiger partial charge in [-0.15, -0.1) is 0 Å². The van der Waals surface area contributed by atoms with Gasteiger partial charge < -0.3 is 10.6 Å². The third-order valence-electron chi connectivity index (χ3n) is 2.31. The second-order valence-corrected chi connectivity index (χ2v) is 3.59. The first kappa shape index (κ1) is 13.2. The van der Waals surface area contributed by atoms with Crippen LogP contribution in [0, 0.1) is 5.92 Å². The maximum absolute atomic E-state index is 5.63. The van der Waals surface area contributed by atoms with E-state index in [0.29, 0.717) is 5.92 Å². The van der Waals surface area contributed by atoms with Gasteiger partial charge in [0.1, 0.15) is 0 Å². The van der Waals surface area contributed by atoms with E-state index in [4.69, 9.17) is 5.73 Å². The highest BCUT2D eigenvalue weighted by Gasteiger charge is 2.07. The Morgan fingerprint density at radius 1 is 1.43 bits per heavy atom.